The normalized spacial score (nSPS) is 19.6. The first-order chi connectivity index (χ1) is 30.9. The zero-order chi connectivity index (χ0) is 46.8. The van der Waals surface area contributed by atoms with E-state index in [0.717, 1.165) is 5.92 Å². The van der Waals surface area contributed by atoms with Crippen molar-refractivity contribution >= 4 is 82.7 Å². The van der Waals surface area contributed by atoms with Crippen molar-refractivity contribution in [1.82, 2.24) is 4.57 Å². The van der Waals surface area contributed by atoms with Gasteiger partial charge in [0.1, 0.15) is 0 Å². The number of anilines is 3. The molecule has 2 aliphatic carbocycles. The minimum atomic E-state index is -0.00182. The van der Waals surface area contributed by atoms with Gasteiger partial charge in [0.05, 0.1) is 11.0 Å². The van der Waals surface area contributed by atoms with Crippen LogP contribution in [0.3, 0.4) is 0 Å². The van der Waals surface area contributed by atoms with Crippen LogP contribution < -0.4 is 20.6 Å². The Labute approximate surface area is 399 Å². The maximum absolute atomic E-state index is 2.63. The lowest BCUT2D eigenvalue weighted by Crippen LogP contribution is -2.57. The molecular weight excluding hydrogens is 816 g/mol. The first-order valence-corrected chi connectivity index (χ1v) is 25.6. The van der Waals surface area contributed by atoms with Crippen molar-refractivity contribution in [3.05, 3.63) is 148 Å². The quantitative estimate of drug-likeness (QED) is 0.161. The highest BCUT2D eigenvalue weighted by Crippen LogP contribution is 2.62. The lowest BCUT2D eigenvalue weighted by Gasteiger charge is -2.44. The average Bonchev–Trinajstić information content (AvgIpc) is 3.79. The smallest absolute Gasteiger partial charge is 0.259 e. The molecule has 0 radical (unpaired) electrons. The number of hydrogen-bond acceptors (Lipinski definition) is 2. The molecule has 1 fully saturated rings. The standard InChI is InChI=1S/C62H69BN2S/c1-36-46-34-47-37(2)57(66-56(47)35-49(46)62(15)29-28-48(36)62)63-50-26-23-43(65-53-31-40(60(9,10)11)18-24-44(53)45-25-19-41(32-54(45)65)61(12,13)14)33-55(50)64(42-21-16-38(17-22-42)58(3,4)5)52-27-20-39(30-51(52)63)59(6,7)8/h16-27,30-36,48H,28-29H2,1-15H3. The number of thiophene rings is 1. The molecule has 0 spiro atoms. The highest BCUT2D eigenvalue weighted by Gasteiger charge is 2.53. The maximum atomic E-state index is 2.63. The summed E-state index contributed by atoms with van der Waals surface area (Å²) in [4.78, 5) is 2.59. The van der Waals surface area contributed by atoms with E-state index >= 15 is 0 Å². The molecule has 6 aromatic carbocycles. The summed E-state index contributed by atoms with van der Waals surface area (Å²) in [6.07, 6.45) is 2.67. The zero-order valence-corrected chi connectivity index (χ0v) is 43.2. The molecule has 0 amide bonds. The Morgan fingerprint density at radius 2 is 1.11 bits per heavy atom. The van der Waals surface area contributed by atoms with E-state index in [1.54, 1.807) is 11.1 Å². The molecule has 0 saturated heterocycles. The molecule has 0 bridgehead atoms. The topological polar surface area (TPSA) is 8.17 Å². The van der Waals surface area contributed by atoms with Crippen LogP contribution in [0.5, 0.6) is 0 Å². The molecule has 1 saturated carbocycles. The third-order valence-electron chi connectivity index (χ3n) is 16.7. The highest BCUT2D eigenvalue weighted by atomic mass is 32.1. The lowest BCUT2D eigenvalue weighted by atomic mass is 9.37. The van der Waals surface area contributed by atoms with E-state index in [1.807, 2.05) is 0 Å². The summed E-state index contributed by atoms with van der Waals surface area (Å²) in [7, 11) is 0. The Hall–Kier alpha value is -5.06. The van der Waals surface area contributed by atoms with Crippen LogP contribution in [0.2, 0.25) is 0 Å². The molecule has 3 atom stereocenters. The summed E-state index contributed by atoms with van der Waals surface area (Å²) in [5.41, 5.74) is 20.7. The van der Waals surface area contributed by atoms with Gasteiger partial charge in [-0.3, -0.25) is 0 Å². The van der Waals surface area contributed by atoms with Crippen LogP contribution in [0.4, 0.5) is 17.1 Å². The van der Waals surface area contributed by atoms with Crippen LogP contribution in [-0.2, 0) is 27.1 Å². The van der Waals surface area contributed by atoms with Crippen LogP contribution in [0.15, 0.2) is 109 Å². The number of nitrogens with zero attached hydrogens (tertiary/aromatic N) is 2. The fraction of sp³-hybridized carbons (Fsp3) is 0.387. The largest absolute Gasteiger partial charge is 0.311 e. The third kappa shape index (κ3) is 6.47. The van der Waals surface area contributed by atoms with Crippen molar-refractivity contribution in [2.75, 3.05) is 4.90 Å². The average molecular weight is 885 g/mol. The Morgan fingerprint density at radius 1 is 0.561 bits per heavy atom. The van der Waals surface area contributed by atoms with Gasteiger partial charge in [-0.1, -0.05) is 152 Å². The Kier molecular flexibility index (Phi) is 9.39. The molecule has 3 heterocycles. The molecule has 66 heavy (non-hydrogen) atoms. The van der Waals surface area contributed by atoms with Crippen molar-refractivity contribution in [2.45, 2.75) is 150 Å². The van der Waals surface area contributed by atoms with Crippen LogP contribution in [0.25, 0.3) is 37.6 Å². The van der Waals surface area contributed by atoms with Crippen molar-refractivity contribution in [1.29, 1.82) is 0 Å². The predicted molar refractivity (Wildman–Crippen MR) is 290 cm³/mol. The molecule has 2 nitrogen and oxygen atoms in total. The van der Waals surface area contributed by atoms with E-state index in [4.69, 9.17) is 0 Å². The molecule has 8 aromatic rings. The van der Waals surface area contributed by atoms with Crippen molar-refractivity contribution in [3.8, 4) is 5.69 Å². The van der Waals surface area contributed by atoms with E-state index < -0.39 is 0 Å². The Morgan fingerprint density at radius 3 is 1.67 bits per heavy atom. The number of aromatic nitrogens is 1. The summed E-state index contributed by atoms with van der Waals surface area (Å²) < 4.78 is 5.50. The lowest BCUT2D eigenvalue weighted by molar-refractivity contribution is 0.142. The van der Waals surface area contributed by atoms with Gasteiger partial charge in [0.2, 0.25) is 0 Å². The Balaban J connectivity index is 1.21. The van der Waals surface area contributed by atoms with E-state index in [-0.39, 0.29) is 28.4 Å². The van der Waals surface area contributed by atoms with Gasteiger partial charge in [0.25, 0.3) is 6.71 Å². The molecule has 336 valence electrons. The number of fused-ring (bicyclic) bond motifs is 9. The van der Waals surface area contributed by atoms with Crippen LogP contribution >= 0.6 is 11.3 Å². The fourth-order valence-corrected chi connectivity index (χ4v) is 13.7. The summed E-state index contributed by atoms with van der Waals surface area (Å²) >= 11 is 2.06. The molecule has 11 rings (SSSR count). The van der Waals surface area contributed by atoms with Gasteiger partial charge in [-0.2, -0.15) is 0 Å². The van der Waals surface area contributed by atoms with Gasteiger partial charge >= 0.3 is 0 Å². The van der Waals surface area contributed by atoms with Crippen LogP contribution in [0, 0.1) is 12.8 Å². The van der Waals surface area contributed by atoms with Crippen LogP contribution in [0.1, 0.15) is 155 Å². The number of benzene rings is 6. The molecule has 3 aliphatic rings. The van der Waals surface area contributed by atoms with Crippen molar-refractivity contribution in [2.24, 2.45) is 5.92 Å². The monoisotopic (exact) mass is 885 g/mol. The highest BCUT2D eigenvalue weighted by molar-refractivity contribution is 7.32. The minimum Gasteiger partial charge on any atom is -0.311 e. The molecule has 2 aromatic heterocycles. The van der Waals surface area contributed by atoms with Gasteiger partial charge in [-0.05, 0) is 173 Å². The number of rotatable bonds is 3. The number of hydrogen-bond donors (Lipinski definition) is 0. The van der Waals surface area contributed by atoms with Gasteiger partial charge in [-0.25, -0.2) is 0 Å². The first kappa shape index (κ1) is 43.5. The van der Waals surface area contributed by atoms with Crippen LogP contribution in [-0.4, -0.2) is 11.3 Å². The summed E-state index contributed by atoms with van der Waals surface area (Å²) in [5.74, 6) is 1.40. The first-order valence-electron chi connectivity index (χ1n) is 24.8. The van der Waals surface area contributed by atoms with Crippen molar-refractivity contribution in [3.63, 3.8) is 0 Å². The second-order valence-corrected chi connectivity index (χ2v) is 26.1. The molecule has 3 unspecified atom stereocenters. The van der Waals surface area contributed by atoms with E-state index in [0.29, 0.717) is 11.3 Å². The molecule has 4 heteroatoms. The molecule has 1 aliphatic heterocycles. The number of aryl methyl sites for hydroxylation is 1. The fourth-order valence-electron chi connectivity index (χ4n) is 12.3. The SMILES string of the molecule is Cc1c(B2c3cc(C(C)(C)C)ccc3N(c3ccc(C(C)(C)C)cc3)c3cc(-n4c5cc(C(C)(C)C)ccc5c5ccc(C(C)(C)C)cc54)ccc32)sc2cc3c(cc12)C(C)C1CCC31C. The Bertz CT molecular complexity index is 3220. The summed E-state index contributed by atoms with van der Waals surface area (Å²) in [6, 6.07) is 43.9. The molecule has 0 N–H and O–H groups in total. The van der Waals surface area contributed by atoms with Crippen molar-refractivity contribution < 1.29 is 0 Å². The van der Waals surface area contributed by atoms with Gasteiger partial charge in [-0.15, -0.1) is 11.3 Å². The van der Waals surface area contributed by atoms with Gasteiger partial charge in [0, 0.05) is 38.2 Å². The summed E-state index contributed by atoms with van der Waals surface area (Å²) in [5, 5.41) is 4.05. The van der Waals surface area contributed by atoms with E-state index in [1.165, 1.54) is 111 Å². The van der Waals surface area contributed by atoms with E-state index in [9.17, 15) is 0 Å². The minimum absolute atomic E-state index is 0.00182. The second kappa shape index (κ2) is 14.2. The second-order valence-electron chi connectivity index (χ2n) is 25.0. The van der Waals surface area contributed by atoms with Gasteiger partial charge in [0.15, 0.2) is 0 Å². The maximum Gasteiger partial charge on any atom is 0.259 e. The predicted octanol–water partition coefficient (Wildman–Crippen LogP) is 15.6. The summed E-state index contributed by atoms with van der Waals surface area (Å²) in [6.45, 7) is 35.5. The third-order valence-corrected chi connectivity index (χ3v) is 18.0. The zero-order valence-electron chi connectivity index (χ0n) is 42.3. The van der Waals surface area contributed by atoms with E-state index in [2.05, 4.69) is 234 Å². The van der Waals surface area contributed by atoms with Gasteiger partial charge < -0.3 is 9.47 Å². The molecular formula is C62H69BN2S.